The van der Waals surface area contributed by atoms with Crippen LogP contribution < -0.4 is 15.8 Å². The summed E-state index contributed by atoms with van der Waals surface area (Å²) in [6.07, 6.45) is 2.67. The number of carbonyl (C=O) groups excluding carboxylic acids is 2. The second-order valence-corrected chi connectivity index (χ2v) is 6.50. The Hall–Kier alpha value is -2.61. The fraction of sp³-hybridized carbons (Fsp3) is 0.389. The van der Waals surface area contributed by atoms with Gasteiger partial charge in [-0.2, -0.15) is 0 Å². The van der Waals surface area contributed by atoms with Crippen LogP contribution in [0.4, 0.5) is 4.79 Å². The van der Waals surface area contributed by atoms with E-state index in [2.05, 4.69) is 10.3 Å². The molecule has 0 radical (unpaired) electrons. The van der Waals surface area contributed by atoms with Crippen LogP contribution in [0.25, 0.3) is 10.6 Å². The predicted octanol–water partition coefficient (Wildman–Crippen LogP) is 3.09. The van der Waals surface area contributed by atoms with Gasteiger partial charge in [0.15, 0.2) is 0 Å². The number of aromatic nitrogens is 1. The molecule has 0 aliphatic heterocycles. The Morgan fingerprint density at radius 2 is 2.12 bits per heavy atom. The van der Waals surface area contributed by atoms with Gasteiger partial charge in [-0.15, -0.1) is 11.3 Å². The molecule has 1 aromatic heterocycles. The zero-order valence-corrected chi connectivity index (χ0v) is 15.5. The molecule has 0 unspecified atom stereocenters. The number of methoxy groups -OCH3 is 1. The van der Waals surface area contributed by atoms with Crippen LogP contribution >= 0.6 is 11.3 Å². The van der Waals surface area contributed by atoms with Crippen molar-refractivity contribution in [3.63, 3.8) is 0 Å². The highest BCUT2D eigenvalue weighted by Crippen LogP contribution is 2.27. The Labute approximate surface area is 156 Å². The predicted molar refractivity (Wildman–Crippen MR) is 100.0 cm³/mol. The van der Waals surface area contributed by atoms with Crippen LogP contribution in [0.3, 0.4) is 0 Å². The van der Waals surface area contributed by atoms with Crippen LogP contribution in [0.1, 0.15) is 31.4 Å². The minimum Gasteiger partial charge on any atom is -0.497 e. The van der Waals surface area contributed by atoms with E-state index < -0.39 is 6.03 Å². The van der Waals surface area contributed by atoms with Crippen molar-refractivity contribution in [2.45, 2.75) is 32.3 Å². The number of hydrogen-bond donors (Lipinski definition) is 2. The lowest BCUT2D eigenvalue weighted by atomic mass is 10.2. The first-order chi connectivity index (χ1) is 12.6. The number of carbonyl (C=O) groups is 2. The average Bonchev–Trinajstić information content (AvgIpc) is 3.12. The minimum atomic E-state index is -0.527. The molecule has 0 spiro atoms. The van der Waals surface area contributed by atoms with Gasteiger partial charge in [0.1, 0.15) is 17.4 Å². The molecule has 3 N–H and O–H groups in total. The van der Waals surface area contributed by atoms with E-state index in [1.54, 1.807) is 7.11 Å². The van der Waals surface area contributed by atoms with Gasteiger partial charge in [-0.3, -0.25) is 4.79 Å². The quantitative estimate of drug-likeness (QED) is 0.489. The van der Waals surface area contributed by atoms with Crippen LogP contribution in [0.5, 0.6) is 5.75 Å². The number of rotatable bonds is 10. The lowest BCUT2D eigenvalue weighted by Crippen LogP contribution is -2.29. The summed E-state index contributed by atoms with van der Waals surface area (Å²) in [7, 11) is 1.63. The molecule has 0 saturated carbocycles. The first-order valence-corrected chi connectivity index (χ1v) is 9.24. The number of urea groups is 1. The molecule has 7 nitrogen and oxygen atoms in total. The molecule has 140 valence electrons. The van der Waals surface area contributed by atoms with Crippen LogP contribution in [-0.2, 0) is 16.1 Å². The van der Waals surface area contributed by atoms with E-state index in [1.165, 1.54) is 11.3 Å². The fourth-order valence-corrected chi connectivity index (χ4v) is 3.07. The molecule has 0 bridgehead atoms. The Morgan fingerprint density at radius 3 is 2.88 bits per heavy atom. The van der Waals surface area contributed by atoms with Crippen molar-refractivity contribution < 1.29 is 19.1 Å². The number of ether oxygens (including phenoxy) is 2. The first-order valence-electron chi connectivity index (χ1n) is 8.36. The third-order valence-corrected chi connectivity index (χ3v) is 4.55. The maximum Gasteiger partial charge on any atom is 0.312 e. The number of primary amides is 1. The van der Waals surface area contributed by atoms with Crippen molar-refractivity contribution in [3.05, 3.63) is 35.3 Å². The summed E-state index contributed by atoms with van der Waals surface area (Å²) in [5.74, 6) is 0.528. The van der Waals surface area contributed by atoms with Gasteiger partial charge < -0.3 is 20.5 Å². The molecule has 1 heterocycles. The summed E-state index contributed by atoms with van der Waals surface area (Å²) >= 11 is 1.50. The summed E-state index contributed by atoms with van der Waals surface area (Å²) in [5, 5.41) is 5.26. The van der Waals surface area contributed by atoms with Gasteiger partial charge in [-0.25, -0.2) is 9.78 Å². The number of amides is 2. The van der Waals surface area contributed by atoms with E-state index in [4.69, 9.17) is 15.2 Å². The molecule has 0 saturated heterocycles. The van der Waals surface area contributed by atoms with Gasteiger partial charge >= 0.3 is 12.0 Å². The zero-order chi connectivity index (χ0) is 18.8. The molecule has 2 aromatic rings. The summed E-state index contributed by atoms with van der Waals surface area (Å²) in [4.78, 5) is 26.8. The van der Waals surface area contributed by atoms with E-state index in [-0.39, 0.29) is 12.6 Å². The number of esters is 1. The van der Waals surface area contributed by atoms with E-state index >= 15 is 0 Å². The zero-order valence-electron chi connectivity index (χ0n) is 14.7. The highest BCUT2D eigenvalue weighted by molar-refractivity contribution is 7.13. The van der Waals surface area contributed by atoms with Crippen LogP contribution in [0.2, 0.25) is 0 Å². The summed E-state index contributed by atoms with van der Waals surface area (Å²) in [5.41, 5.74) is 6.67. The van der Waals surface area contributed by atoms with Gasteiger partial charge in [0.05, 0.1) is 12.8 Å². The van der Waals surface area contributed by atoms with Gasteiger partial charge in [0.2, 0.25) is 0 Å². The van der Waals surface area contributed by atoms with Gasteiger partial charge in [-0.05, 0) is 25.0 Å². The Kier molecular flexibility index (Phi) is 7.88. The average molecular weight is 377 g/mol. The number of nitrogens with zero attached hydrogens (tertiary/aromatic N) is 1. The molecule has 2 rings (SSSR count). The van der Waals surface area contributed by atoms with E-state index in [1.807, 2.05) is 29.6 Å². The Bertz CT molecular complexity index is 733. The van der Waals surface area contributed by atoms with Crippen molar-refractivity contribution in [1.82, 2.24) is 10.3 Å². The number of unbranched alkanes of at least 4 members (excludes halogenated alkanes) is 2. The van der Waals surface area contributed by atoms with Gasteiger partial charge in [0, 0.05) is 23.9 Å². The van der Waals surface area contributed by atoms with Gasteiger partial charge in [-0.1, -0.05) is 18.6 Å². The van der Waals surface area contributed by atoms with Gasteiger partial charge in [0.25, 0.3) is 0 Å². The highest BCUT2D eigenvalue weighted by Gasteiger charge is 2.08. The largest absolute Gasteiger partial charge is 0.497 e. The second kappa shape index (κ2) is 10.4. The SMILES string of the molecule is COc1cccc(-c2nc(COC(=O)CCCCCNC(N)=O)cs2)c1. The second-order valence-electron chi connectivity index (χ2n) is 5.64. The Balaban J connectivity index is 1.70. The summed E-state index contributed by atoms with van der Waals surface area (Å²) < 4.78 is 10.5. The third-order valence-electron chi connectivity index (χ3n) is 3.61. The maximum absolute atomic E-state index is 11.8. The number of thiazole rings is 1. The highest BCUT2D eigenvalue weighted by atomic mass is 32.1. The van der Waals surface area contributed by atoms with E-state index in [0.29, 0.717) is 19.4 Å². The lowest BCUT2D eigenvalue weighted by molar-refractivity contribution is -0.145. The Morgan fingerprint density at radius 1 is 1.27 bits per heavy atom. The standard InChI is InChI=1S/C18H23N3O4S/c1-24-15-7-5-6-13(10-15)17-21-14(12-26-17)11-25-16(22)8-3-2-4-9-20-18(19)23/h5-7,10,12H,2-4,8-9,11H2,1H3,(H3,19,20,23). The molecular weight excluding hydrogens is 354 g/mol. The molecule has 26 heavy (non-hydrogen) atoms. The fourth-order valence-electron chi connectivity index (χ4n) is 2.27. The maximum atomic E-state index is 11.8. The van der Waals surface area contributed by atoms with Crippen LogP contribution in [0, 0.1) is 0 Å². The van der Waals surface area contributed by atoms with Crippen molar-refractivity contribution in [3.8, 4) is 16.3 Å². The van der Waals surface area contributed by atoms with Crippen molar-refractivity contribution in [1.29, 1.82) is 0 Å². The van der Waals surface area contributed by atoms with Crippen molar-refractivity contribution in [2.24, 2.45) is 5.73 Å². The monoisotopic (exact) mass is 377 g/mol. The first kappa shape index (κ1) is 19.7. The molecule has 0 fully saturated rings. The van der Waals surface area contributed by atoms with Crippen molar-refractivity contribution >= 4 is 23.3 Å². The lowest BCUT2D eigenvalue weighted by Gasteiger charge is -2.04. The minimum absolute atomic E-state index is 0.169. The molecule has 0 aliphatic rings. The summed E-state index contributed by atoms with van der Waals surface area (Å²) in [6, 6.07) is 7.14. The molecule has 8 heteroatoms. The number of nitrogens with two attached hydrogens (primary N) is 1. The molecular formula is C18H23N3O4S. The number of nitrogens with one attached hydrogen (secondary N) is 1. The van der Waals surface area contributed by atoms with E-state index in [0.717, 1.165) is 34.9 Å². The number of hydrogen-bond acceptors (Lipinski definition) is 6. The van der Waals surface area contributed by atoms with Crippen LogP contribution in [0.15, 0.2) is 29.6 Å². The molecule has 2 amide bonds. The normalized spacial score (nSPS) is 10.3. The van der Waals surface area contributed by atoms with E-state index in [9.17, 15) is 9.59 Å². The third kappa shape index (κ3) is 6.72. The number of benzene rings is 1. The summed E-state index contributed by atoms with van der Waals surface area (Å²) in [6.45, 7) is 0.693. The topological polar surface area (TPSA) is 104 Å². The van der Waals surface area contributed by atoms with Crippen LogP contribution in [-0.4, -0.2) is 30.6 Å². The smallest absolute Gasteiger partial charge is 0.312 e. The molecule has 0 aliphatic carbocycles. The molecule has 1 aromatic carbocycles. The van der Waals surface area contributed by atoms with Crippen molar-refractivity contribution in [2.75, 3.05) is 13.7 Å². The molecule has 0 atom stereocenters.